The van der Waals surface area contributed by atoms with Crippen molar-refractivity contribution >= 4 is 23.2 Å². The van der Waals surface area contributed by atoms with Crippen LogP contribution in [0.25, 0.3) is 10.8 Å². The Labute approximate surface area is 125 Å². The van der Waals surface area contributed by atoms with E-state index in [2.05, 4.69) is 4.98 Å². The summed E-state index contributed by atoms with van der Waals surface area (Å²) in [6.07, 6.45) is 1.68. The molecule has 3 heterocycles. The maximum atomic E-state index is 12.4. The first kappa shape index (κ1) is 13.8. The van der Waals surface area contributed by atoms with Gasteiger partial charge in [-0.25, -0.2) is 4.98 Å². The molecule has 1 N–H and O–H groups in total. The van der Waals surface area contributed by atoms with Gasteiger partial charge in [0, 0.05) is 23.9 Å². The first-order valence-electron chi connectivity index (χ1n) is 6.57. The Morgan fingerprint density at radius 2 is 2.29 bits per heavy atom. The molecule has 0 aromatic carbocycles. The molecule has 0 spiro atoms. The van der Waals surface area contributed by atoms with Crippen LogP contribution < -0.4 is 0 Å². The summed E-state index contributed by atoms with van der Waals surface area (Å²) in [5.41, 5.74) is 0.431. The normalized spacial score (nSPS) is 15.0. The quantitative estimate of drug-likeness (QED) is 0.936. The fourth-order valence-electron chi connectivity index (χ4n) is 2.36. The van der Waals surface area contributed by atoms with Crippen LogP contribution in [-0.4, -0.2) is 40.0 Å². The van der Waals surface area contributed by atoms with Crippen molar-refractivity contribution in [2.24, 2.45) is 5.92 Å². The molecule has 1 fully saturated rings. The van der Waals surface area contributed by atoms with Crippen LogP contribution in [0, 0.1) is 12.8 Å². The van der Waals surface area contributed by atoms with E-state index in [1.54, 1.807) is 23.3 Å². The van der Waals surface area contributed by atoms with Crippen LogP contribution in [0.4, 0.5) is 0 Å². The fraction of sp³-hybridized carbons (Fsp3) is 0.357. The van der Waals surface area contributed by atoms with Gasteiger partial charge in [0.1, 0.15) is 5.69 Å². The molecule has 0 radical (unpaired) electrons. The third kappa shape index (κ3) is 2.69. The van der Waals surface area contributed by atoms with Crippen LogP contribution in [0.15, 0.2) is 22.8 Å². The van der Waals surface area contributed by atoms with Crippen molar-refractivity contribution in [1.82, 2.24) is 9.88 Å². The molecule has 21 heavy (non-hydrogen) atoms. The van der Waals surface area contributed by atoms with E-state index in [0.29, 0.717) is 29.6 Å². The number of aliphatic carboxylic acids is 1. The van der Waals surface area contributed by atoms with Crippen molar-refractivity contribution in [1.29, 1.82) is 0 Å². The Bertz CT molecular complexity index is 671. The molecule has 0 bridgehead atoms. The van der Waals surface area contributed by atoms with Gasteiger partial charge >= 0.3 is 5.97 Å². The van der Waals surface area contributed by atoms with Gasteiger partial charge in [0.25, 0.3) is 5.91 Å². The molecule has 0 atom stereocenters. The molecule has 1 aliphatic rings. The number of carbonyl (C=O) groups is 2. The van der Waals surface area contributed by atoms with Crippen LogP contribution in [0.2, 0.25) is 0 Å². The van der Waals surface area contributed by atoms with Crippen molar-refractivity contribution in [2.45, 2.75) is 13.3 Å². The first-order valence-corrected chi connectivity index (χ1v) is 7.38. The molecule has 2 aromatic heterocycles. The minimum Gasteiger partial charge on any atom is -0.481 e. The van der Waals surface area contributed by atoms with Gasteiger partial charge < -0.3 is 14.4 Å². The number of carboxylic acids is 1. The first-order chi connectivity index (χ1) is 10.0. The van der Waals surface area contributed by atoms with Gasteiger partial charge in [0.15, 0.2) is 10.8 Å². The highest BCUT2D eigenvalue weighted by atomic mass is 32.1. The zero-order valence-corrected chi connectivity index (χ0v) is 12.2. The number of likely N-dealkylation sites (tertiary alicyclic amines) is 1. The van der Waals surface area contributed by atoms with Crippen LogP contribution in [-0.2, 0) is 4.79 Å². The molecular weight excluding hydrogens is 292 g/mol. The molecule has 1 aliphatic heterocycles. The lowest BCUT2D eigenvalue weighted by Crippen LogP contribution is -2.50. The van der Waals surface area contributed by atoms with E-state index in [1.807, 2.05) is 6.92 Å². The molecule has 1 saturated heterocycles. The second-order valence-corrected chi connectivity index (χ2v) is 6.28. The monoisotopic (exact) mass is 306 g/mol. The number of hydrogen-bond donors (Lipinski definition) is 1. The summed E-state index contributed by atoms with van der Waals surface area (Å²) in [5.74, 6) is -0.260. The molecule has 7 heteroatoms. The van der Waals surface area contributed by atoms with Gasteiger partial charge in [-0.3, -0.25) is 9.59 Å². The van der Waals surface area contributed by atoms with Crippen molar-refractivity contribution in [3.63, 3.8) is 0 Å². The standard InChI is InChI=1S/C14H14N2O4S/c1-8-12(15-13(21-8)10-3-2-4-20-10)14(19)16-6-9(7-16)5-11(17)18/h2-4,9H,5-7H2,1H3,(H,17,18). The van der Waals surface area contributed by atoms with E-state index in [1.165, 1.54) is 11.3 Å². The number of rotatable bonds is 4. The van der Waals surface area contributed by atoms with E-state index in [4.69, 9.17) is 9.52 Å². The van der Waals surface area contributed by atoms with Gasteiger partial charge in [0.05, 0.1) is 12.7 Å². The average Bonchev–Trinajstić information content (AvgIpc) is 3.00. The Morgan fingerprint density at radius 1 is 1.52 bits per heavy atom. The lowest BCUT2D eigenvalue weighted by molar-refractivity contribution is -0.139. The summed E-state index contributed by atoms with van der Waals surface area (Å²) < 4.78 is 5.29. The summed E-state index contributed by atoms with van der Waals surface area (Å²) in [4.78, 5) is 29.8. The molecule has 0 saturated carbocycles. The second-order valence-electron chi connectivity index (χ2n) is 5.08. The molecule has 2 aromatic rings. The third-order valence-corrected chi connectivity index (χ3v) is 4.42. The average molecular weight is 306 g/mol. The number of carbonyl (C=O) groups excluding carboxylic acids is 1. The van der Waals surface area contributed by atoms with Crippen molar-refractivity contribution in [2.75, 3.05) is 13.1 Å². The summed E-state index contributed by atoms with van der Waals surface area (Å²) in [6, 6.07) is 3.58. The molecule has 3 rings (SSSR count). The summed E-state index contributed by atoms with van der Waals surface area (Å²) in [6.45, 7) is 2.82. The van der Waals surface area contributed by atoms with Gasteiger partial charge in [-0.15, -0.1) is 11.3 Å². The van der Waals surface area contributed by atoms with Crippen LogP contribution in [0.5, 0.6) is 0 Å². The molecule has 110 valence electrons. The van der Waals surface area contributed by atoms with E-state index in [0.717, 1.165) is 4.88 Å². The summed E-state index contributed by atoms with van der Waals surface area (Å²) in [7, 11) is 0. The van der Waals surface area contributed by atoms with Crippen LogP contribution in [0.1, 0.15) is 21.8 Å². The number of amides is 1. The van der Waals surface area contributed by atoms with Crippen LogP contribution in [0.3, 0.4) is 0 Å². The number of aromatic nitrogens is 1. The number of aryl methyl sites for hydroxylation is 1. The van der Waals surface area contributed by atoms with Crippen molar-refractivity contribution < 1.29 is 19.1 Å². The van der Waals surface area contributed by atoms with Gasteiger partial charge in [-0.1, -0.05) is 0 Å². The topological polar surface area (TPSA) is 83.6 Å². The molecule has 6 nitrogen and oxygen atoms in total. The second kappa shape index (κ2) is 5.33. The van der Waals surface area contributed by atoms with Gasteiger partial charge in [-0.2, -0.15) is 0 Å². The SMILES string of the molecule is Cc1sc(-c2ccco2)nc1C(=O)N1CC(CC(=O)O)C1. The number of nitrogens with zero attached hydrogens (tertiary/aromatic N) is 2. The van der Waals surface area contributed by atoms with E-state index in [9.17, 15) is 9.59 Å². The number of hydrogen-bond acceptors (Lipinski definition) is 5. The van der Waals surface area contributed by atoms with Gasteiger partial charge in [-0.05, 0) is 19.1 Å². The zero-order chi connectivity index (χ0) is 15.0. The number of thiazole rings is 1. The highest BCUT2D eigenvalue weighted by molar-refractivity contribution is 7.15. The van der Waals surface area contributed by atoms with Crippen molar-refractivity contribution in [3.8, 4) is 10.8 Å². The van der Waals surface area contributed by atoms with Crippen LogP contribution >= 0.6 is 11.3 Å². The number of furan rings is 1. The minimum absolute atomic E-state index is 0.0509. The summed E-state index contributed by atoms with van der Waals surface area (Å²) >= 11 is 1.42. The Balaban J connectivity index is 1.70. The largest absolute Gasteiger partial charge is 0.481 e. The van der Waals surface area contributed by atoms with E-state index >= 15 is 0 Å². The minimum atomic E-state index is -0.822. The lowest BCUT2D eigenvalue weighted by atomic mass is 9.96. The Morgan fingerprint density at radius 3 is 2.90 bits per heavy atom. The molecule has 0 unspecified atom stereocenters. The predicted molar refractivity (Wildman–Crippen MR) is 76.2 cm³/mol. The summed E-state index contributed by atoms with van der Waals surface area (Å²) in [5, 5.41) is 9.40. The maximum Gasteiger partial charge on any atom is 0.303 e. The number of carboxylic acid groups (broad SMARTS) is 1. The zero-order valence-electron chi connectivity index (χ0n) is 11.4. The van der Waals surface area contributed by atoms with E-state index in [-0.39, 0.29) is 18.2 Å². The Hall–Kier alpha value is -2.15. The Kier molecular flexibility index (Phi) is 3.50. The van der Waals surface area contributed by atoms with Gasteiger partial charge in [0.2, 0.25) is 0 Å². The highest BCUT2D eigenvalue weighted by Crippen LogP contribution is 2.30. The van der Waals surface area contributed by atoms with E-state index < -0.39 is 5.97 Å². The highest BCUT2D eigenvalue weighted by Gasteiger charge is 2.34. The fourth-order valence-corrected chi connectivity index (χ4v) is 3.24. The van der Waals surface area contributed by atoms with Crippen molar-refractivity contribution in [3.05, 3.63) is 29.0 Å². The maximum absolute atomic E-state index is 12.4. The molecule has 0 aliphatic carbocycles. The molecule has 1 amide bonds. The lowest BCUT2D eigenvalue weighted by Gasteiger charge is -2.38. The predicted octanol–water partition coefficient (Wildman–Crippen LogP) is 2.26. The molecular formula is C14H14N2O4S. The third-order valence-electron chi connectivity index (χ3n) is 3.44. The smallest absolute Gasteiger partial charge is 0.303 e.